The van der Waals surface area contributed by atoms with Crippen molar-refractivity contribution in [2.24, 2.45) is 7.05 Å². The number of hydrogen-bond acceptors (Lipinski definition) is 4. The van der Waals surface area contributed by atoms with Crippen molar-refractivity contribution in [1.29, 1.82) is 0 Å². The van der Waals surface area contributed by atoms with Crippen molar-refractivity contribution < 1.29 is 14.2 Å². The van der Waals surface area contributed by atoms with Crippen molar-refractivity contribution in [2.45, 2.75) is 32.5 Å². The molecule has 3 rings (SSSR count). The van der Waals surface area contributed by atoms with Crippen molar-refractivity contribution in [3.8, 4) is 5.75 Å². The molecule has 2 heterocycles. The van der Waals surface area contributed by atoms with Crippen molar-refractivity contribution in [2.75, 3.05) is 19.8 Å². The first-order valence-corrected chi connectivity index (χ1v) is 9.01. The van der Waals surface area contributed by atoms with Crippen LogP contribution in [0.1, 0.15) is 24.8 Å². The van der Waals surface area contributed by atoms with Crippen LogP contribution in [-0.2, 0) is 16.5 Å². The summed E-state index contributed by atoms with van der Waals surface area (Å²) in [5, 5.41) is 0.994. The van der Waals surface area contributed by atoms with Gasteiger partial charge in [-0.25, -0.2) is 0 Å². The summed E-state index contributed by atoms with van der Waals surface area (Å²) < 4.78 is 19.5. The van der Waals surface area contributed by atoms with Gasteiger partial charge in [0.1, 0.15) is 12.4 Å². The molecule has 0 radical (unpaired) electrons. The van der Waals surface area contributed by atoms with Crippen LogP contribution in [0.2, 0.25) is 0 Å². The van der Waals surface area contributed by atoms with Gasteiger partial charge in [-0.3, -0.25) is 4.79 Å². The number of nitrogens with zero attached hydrogens (tertiary/aromatic N) is 1. The summed E-state index contributed by atoms with van der Waals surface area (Å²) in [7, 11) is 1.78. The standard InChI is InChI=1S/C18H22BrNO4/c1-12-9-14-15(19)10-13(11-16(14)20(2)18(12)21)22-7-8-24-17-5-3-4-6-23-17/h9-11,17H,3-8H2,1-2H3. The van der Waals surface area contributed by atoms with Crippen LogP contribution in [-0.4, -0.2) is 30.7 Å². The zero-order valence-corrected chi connectivity index (χ0v) is 15.6. The Kier molecular flexibility index (Phi) is 5.58. The maximum Gasteiger partial charge on any atom is 0.253 e. The van der Waals surface area contributed by atoms with Gasteiger partial charge in [-0.05, 0) is 54.2 Å². The molecule has 130 valence electrons. The molecule has 2 aromatic rings. The highest BCUT2D eigenvalue weighted by Crippen LogP contribution is 2.29. The monoisotopic (exact) mass is 395 g/mol. The Hall–Kier alpha value is -1.37. The van der Waals surface area contributed by atoms with E-state index >= 15 is 0 Å². The summed E-state index contributed by atoms with van der Waals surface area (Å²) in [4.78, 5) is 12.1. The topological polar surface area (TPSA) is 49.7 Å². The van der Waals surface area contributed by atoms with Gasteiger partial charge >= 0.3 is 0 Å². The minimum absolute atomic E-state index is 0.00401. The maximum atomic E-state index is 12.1. The highest BCUT2D eigenvalue weighted by molar-refractivity contribution is 9.10. The smallest absolute Gasteiger partial charge is 0.253 e. The predicted molar refractivity (Wildman–Crippen MR) is 96.7 cm³/mol. The molecule has 0 N–H and O–H groups in total. The minimum atomic E-state index is -0.102. The van der Waals surface area contributed by atoms with E-state index in [0.29, 0.717) is 19.0 Å². The summed E-state index contributed by atoms with van der Waals surface area (Å²) >= 11 is 3.57. The van der Waals surface area contributed by atoms with E-state index in [1.807, 2.05) is 25.1 Å². The van der Waals surface area contributed by atoms with Crippen LogP contribution in [0.3, 0.4) is 0 Å². The third-order valence-corrected chi connectivity index (χ3v) is 4.90. The second kappa shape index (κ2) is 7.68. The van der Waals surface area contributed by atoms with E-state index in [4.69, 9.17) is 14.2 Å². The molecule has 0 saturated carbocycles. The number of ether oxygens (including phenoxy) is 3. The van der Waals surface area contributed by atoms with Gasteiger partial charge in [0.15, 0.2) is 6.29 Å². The third kappa shape index (κ3) is 3.82. The summed E-state index contributed by atoms with van der Waals surface area (Å²) in [5.74, 6) is 0.710. The van der Waals surface area contributed by atoms with Gasteiger partial charge in [0.2, 0.25) is 0 Å². The van der Waals surface area contributed by atoms with Gasteiger partial charge in [-0.2, -0.15) is 0 Å². The molecule has 0 spiro atoms. The molecule has 1 fully saturated rings. The number of fused-ring (bicyclic) bond motifs is 1. The molecule has 1 aliphatic heterocycles. The number of pyridine rings is 1. The quantitative estimate of drug-likeness (QED) is 0.726. The molecule has 1 unspecified atom stereocenters. The van der Waals surface area contributed by atoms with Gasteiger partial charge in [0.05, 0.1) is 12.1 Å². The average molecular weight is 396 g/mol. The Bertz CT molecular complexity index is 781. The largest absolute Gasteiger partial charge is 0.491 e. The molecule has 1 aliphatic rings. The van der Waals surface area contributed by atoms with Gasteiger partial charge in [0.25, 0.3) is 5.56 Å². The molecule has 1 aromatic carbocycles. The summed E-state index contributed by atoms with van der Waals surface area (Å²) in [5.41, 5.74) is 1.57. The Labute approximate surface area is 149 Å². The van der Waals surface area contributed by atoms with Crippen LogP contribution in [0.4, 0.5) is 0 Å². The fraction of sp³-hybridized carbons (Fsp3) is 0.500. The van der Waals surface area contributed by atoms with Crippen LogP contribution in [0, 0.1) is 6.92 Å². The van der Waals surface area contributed by atoms with Crippen LogP contribution in [0.15, 0.2) is 27.5 Å². The number of hydrogen-bond donors (Lipinski definition) is 0. The summed E-state index contributed by atoms with van der Waals surface area (Å²) in [6, 6.07) is 5.70. The van der Waals surface area contributed by atoms with Crippen molar-refractivity contribution in [3.63, 3.8) is 0 Å². The highest BCUT2D eigenvalue weighted by atomic mass is 79.9. The second-order valence-corrected chi connectivity index (χ2v) is 6.90. The van der Waals surface area contributed by atoms with E-state index in [2.05, 4.69) is 15.9 Å². The summed E-state index contributed by atoms with van der Waals surface area (Å²) in [6.07, 6.45) is 3.11. The Morgan fingerprint density at radius 1 is 1.29 bits per heavy atom. The van der Waals surface area contributed by atoms with Gasteiger partial charge in [-0.1, -0.05) is 0 Å². The molecule has 0 aliphatic carbocycles. The minimum Gasteiger partial charge on any atom is -0.491 e. The van der Waals surface area contributed by atoms with Gasteiger partial charge in [-0.15, -0.1) is 0 Å². The summed E-state index contributed by atoms with van der Waals surface area (Å²) in [6.45, 7) is 3.52. The van der Waals surface area contributed by atoms with E-state index < -0.39 is 0 Å². The predicted octanol–water partition coefficient (Wildman–Crippen LogP) is 3.53. The lowest BCUT2D eigenvalue weighted by molar-refractivity contribution is -0.165. The van der Waals surface area contributed by atoms with Crippen molar-refractivity contribution >= 4 is 26.8 Å². The molecule has 5 nitrogen and oxygen atoms in total. The molecule has 0 bridgehead atoms. The van der Waals surface area contributed by atoms with E-state index in [-0.39, 0.29) is 11.8 Å². The fourth-order valence-electron chi connectivity index (χ4n) is 2.92. The van der Waals surface area contributed by atoms with Crippen LogP contribution in [0.5, 0.6) is 5.75 Å². The molecule has 1 aromatic heterocycles. The lowest BCUT2D eigenvalue weighted by atomic mass is 10.1. The molecule has 1 saturated heterocycles. The number of benzene rings is 1. The number of aryl methyl sites for hydroxylation is 2. The van der Waals surface area contributed by atoms with Crippen LogP contribution in [0.25, 0.3) is 10.9 Å². The maximum absolute atomic E-state index is 12.1. The van der Waals surface area contributed by atoms with E-state index in [1.54, 1.807) is 11.6 Å². The first-order chi connectivity index (χ1) is 11.6. The number of rotatable bonds is 5. The molecular formula is C18H22BrNO4. The first-order valence-electron chi connectivity index (χ1n) is 8.22. The highest BCUT2D eigenvalue weighted by Gasteiger charge is 2.14. The lowest BCUT2D eigenvalue weighted by Gasteiger charge is -2.22. The molecule has 6 heteroatoms. The van der Waals surface area contributed by atoms with Gasteiger partial charge in [0, 0.05) is 35.1 Å². The molecule has 1 atom stereocenters. The zero-order chi connectivity index (χ0) is 17.1. The van der Waals surface area contributed by atoms with Crippen molar-refractivity contribution in [3.05, 3.63) is 38.6 Å². The first kappa shape index (κ1) is 17.5. The Balaban J connectivity index is 1.67. The third-order valence-electron chi connectivity index (χ3n) is 4.24. The average Bonchev–Trinajstić information content (AvgIpc) is 2.59. The van der Waals surface area contributed by atoms with E-state index in [0.717, 1.165) is 46.8 Å². The number of aromatic nitrogens is 1. The Morgan fingerprint density at radius 3 is 2.88 bits per heavy atom. The molecule has 0 amide bonds. The number of halogens is 1. The Morgan fingerprint density at radius 2 is 2.12 bits per heavy atom. The molecule has 24 heavy (non-hydrogen) atoms. The van der Waals surface area contributed by atoms with E-state index in [1.165, 1.54) is 0 Å². The normalized spacial score (nSPS) is 18.0. The zero-order valence-electron chi connectivity index (χ0n) is 14.0. The van der Waals surface area contributed by atoms with Crippen LogP contribution < -0.4 is 10.3 Å². The van der Waals surface area contributed by atoms with E-state index in [9.17, 15) is 4.79 Å². The second-order valence-electron chi connectivity index (χ2n) is 6.04. The molecular weight excluding hydrogens is 374 g/mol. The SMILES string of the molecule is Cc1cc2c(Br)cc(OCCOC3CCCCO3)cc2n(C)c1=O. The van der Waals surface area contributed by atoms with Gasteiger partial charge < -0.3 is 18.8 Å². The fourth-order valence-corrected chi connectivity index (χ4v) is 3.46. The lowest BCUT2D eigenvalue weighted by Crippen LogP contribution is -2.24. The van der Waals surface area contributed by atoms with Crippen molar-refractivity contribution in [1.82, 2.24) is 4.57 Å². The van der Waals surface area contributed by atoms with Crippen LogP contribution >= 0.6 is 15.9 Å².